The van der Waals surface area contributed by atoms with Crippen molar-refractivity contribution in [3.05, 3.63) is 71.8 Å². The highest BCUT2D eigenvalue weighted by molar-refractivity contribution is 6.07. The van der Waals surface area contributed by atoms with Crippen molar-refractivity contribution in [1.29, 1.82) is 0 Å². The average Bonchev–Trinajstić information content (AvgIpc) is 2.80. The van der Waals surface area contributed by atoms with E-state index in [-0.39, 0.29) is 5.91 Å². The van der Waals surface area contributed by atoms with Crippen LogP contribution in [0.15, 0.2) is 66.2 Å². The van der Waals surface area contributed by atoms with Gasteiger partial charge in [-0.15, -0.1) is 0 Å². The molecule has 0 radical (unpaired) electrons. The third-order valence-corrected chi connectivity index (χ3v) is 5.52. The van der Waals surface area contributed by atoms with E-state index in [1.807, 2.05) is 61.5 Å². The van der Waals surface area contributed by atoms with E-state index >= 15 is 0 Å². The van der Waals surface area contributed by atoms with Crippen LogP contribution in [0, 0.1) is 0 Å². The molecule has 1 aliphatic carbocycles. The molecule has 2 N–H and O–H groups in total. The summed E-state index contributed by atoms with van der Waals surface area (Å²) in [5, 5.41) is 7.27. The minimum atomic E-state index is -0.0650. The fourth-order valence-corrected chi connectivity index (χ4v) is 3.94. The maximum Gasteiger partial charge on any atom is 0.252 e. The predicted octanol–water partition coefficient (Wildman–Crippen LogP) is 6.00. The van der Waals surface area contributed by atoms with Crippen LogP contribution < -0.4 is 15.4 Å². The molecule has 160 valence electrons. The Kier molecular flexibility index (Phi) is 6.82. The van der Waals surface area contributed by atoms with Crippen molar-refractivity contribution >= 4 is 28.3 Å². The van der Waals surface area contributed by atoms with Crippen molar-refractivity contribution in [2.45, 2.75) is 39.0 Å². The Labute approximate surface area is 183 Å². The standard InChI is InChI=1S/C26H29N3O2/c1-2-31-21-14-12-20(13-15-21)28-25-18-23(22-10-6-7-11-24(22)29-25)26(30)27-17-16-19-8-4-3-5-9-19/h6-8,10-15,18H,2-5,9,16-17H2,1H3,(H,27,30)(H,28,29). The Morgan fingerprint density at radius 2 is 1.94 bits per heavy atom. The SMILES string of the molecule is CCOc1ccc(Nc2cc(C(=O)NCCC3=CCCCC3)c3ccccc3n2)cc1. The lowest BCUT2D eigenvalue weighted by molar-refractivity contribution is 0.0955. The predicted molar refractivity (Wildman–Crippen MR) is 126 cm³/mol. The zero-order chi connectivity index (χ0) is 21.5. The van der Waals surface area contributed by atoms with E-state index in [2.05, 4.69) is 16.7 Å². The first-order valence-electron chi connectivity index (χ1n) is 11.1. The molecule has 5 nitrogen and oxygen atoms in total. The van der Waals surface area contributed by atoms with Crippen molar-refractivity contribution in [1.82, 2.24) is 10.3 Å². The van der Waals surface area contributed by atoms with E-state index in [9.17, 15) is 4.79 Å². The number of para-hydroxylation sites is 1. The van der Waals surface area contributed by atoms with Crippen LogP contribution in [-0.4, -0.2) is 24.0 Å². The fourth-order valence-electron chi connectivity index (χ4n) is 3.94. The third-order valence-electron chi connectivity index (χ3n) is 5.52. The molecule has 1 aliphatic rings. The second kappa shape index (κ2) is 10.1. The molecule has 2 aromatic carbocycles. The van der Waals surface area contributed by atoms with Crippen LogP contribution in [0.1, 0.15) is 49.4 Å². The number of allylic oxidation sites excluding steroid dienone is 1. The number of fused-ring (bicyclic) bond motifs is 1. The first-order valence-corrected chi connectivity index (χ1v) is 11.1. The molecule has 1 amide bonds. The number of nitrogens with zero attached hydrogens (tertiary/aromatic N) is 1. The van der Waals surface area contributed by atoms with Gasteiger partial charge in [-0.3, -0.25) is 4.79 Å². The zero-order valence-electron chi connectivity index (χ0n) is 18.0. The highest BCUT2D eigenvalue weighted by Gasteiger charge is 2.13. The molecule has 0 saturated heterocycles. The van der Waals surface area contributed by atoms with E-state index < -0.39 is 0 Å². The van der Waals surface area contributed by atoms with E-state index in [1.165, 1.54) is 24.8 Å². The molecule has 31 heavy (non-hydrogen) atoms. The summed E-state index contributed by atoms with van der Waals surface area (Å²) in [5.74, 6) is 1.40. The molecule has 5 heteroatoms. The highest BCUT2D eigenvalue weighted by Crippen LogP contribution is 2.25. The second-order valence-corrected chi connectivity index (χ2v) is 7.77. The van der Waals surface area contributed by atoms with Crippen LogP contribution in [-0.2, 0) is 0 Å². The second-order valence-electron chi connectivity index (χ2n) is 7.77. The molecule has 0 spiro atoms. The topological polar surface area (TPSA) is 63.2 Å². The first kappa shape index (κ1) is 20.9. The third kappa shape index (κ3) is 5.43. The number of rotatable bonds is 8. The molecule has 0 fully saturated rings. The number of anilines is 2. The van der Waals surface area contributed by atoms with Crippen LogP contribution in [0.3, 0.4) is 0 Å². The Morgan fingerprint density at radius 1 is 1.10 bits per heavy atom. The summed E-state index contributed by atoms with van der Waals surface area (Å²) >= 11 is 0. The van der Waals surface area contributed by atoms with Gasteiger partial charge in [0.15, 0.2) is 0 Å². The van der Waals surface area contributed by atoms with Crippen molar-refractivity contribution in [3.63, 3.8) is 0 Å². The van der Waals surface area contributed by atoms with Gasteiger partial charge < -0.3 is 15.4 Å². The summed E-state index contributed by atoms with van der Waals surface area (Å²) in [6, 6.07) is 17.3. The van der Waals surface area contributed by atoms with E-state index in [0.717, 1.165) is 35.2 Å². The van der Waals surface area contributed by atoms with E-state index in [1.54, 1.807) is 0 Å². The van der Waals surface area contributed by atoms with Gasteiger partial charge in [0.2, 0.25) is 0 Å². The summed E-state index contributed by atoms with van der Waals surface area (Å²) < 4.78 is 5.50. The smallest absolute Gasteiger partial charge is 0.252 e. The van der Waals surface area contributed by atoms with Crippen LogP contribution in [0.5, 0.6) is 5.75 Å². The van der Waals surface area contributed by atoms with Crippen LogP contribution in [0.4, 0.5) is 11.5 Å². The maximum atomic E-state index is 13.0. The van der Waals surface area contributed by atoms with Gasteiger partial charge in [0.1, 0.15) is 11.6 Å². The van der Waals surface area contributed by atoms with Crippen molar-refractivity contribution in [2.24, 2.45) is 0 Å². The minimum absolute atomic E-state index is 0.0650. The quantitative estimate of drug-likeness (QED) is 0.443. The van der Waals surface area contributed by atoms with Gasteiger partial charge in [-0.05, 0) is 75.4 Å². The fraction of sp³-hybridized carbons (Fsp3) is 0.308. The number of aromatic nitrogens is 1. The number of nitrogens with one attached hydrogen (secondary N) is 2. The molecular weight excluding hydrogens is 386 g/mol. The molecule has 1 aromatic heterocycles. The van der Waals surface area contributed by atoms with E-state index in [4.69, 9.17) is 9.72 Å². The van der Waals surface area contributed by atoms with Crippen molar-refractivity contribution < 1.29 is 9.53 Å². The highest BCUT2D eigenvalue weighted by atomic mass is 16.5. The van der Waals surface area contributed by atoms with Gasteiger partial charge in [-0.2, -0.15) is 0 Å². The lowest BCUT2D eigenvalue weighted by Crippen LogP contribution is -2.25. The van der Waals surface area contributed by atoms with Crippen LogP contribution in [0.25, 0.3) is 10.9 Å². The molecule has 4 rings (SSSR count). The van der Waals surface area contributed by atoms with Gasteiger partial charge in [0.05, 0.1) is 17.7 Å². The monoisotopic (exact) mass is 415 g/mol. The number of hydrogen-bond acceptors (Lipinski definition) is 4. The lowest BCUT2D eigenvalue weighted by atomic mass is 9.97. The van der Waals surface area contributed by atoms with Gasteiger partial charge in [0.25, 0.3) is 5.91 Å². The number of pyridine rings is 1. The Morgan fingerprint density at radius 3 is 2.71 bits per heavy atom. The van der Waals surface area contributed by atoms with Crippen molar-refractivity contribution in [2.75, 3.05) is 18.5 Å². The Hall–Kier alpha value is -3.34. The Bertz CT molecular complexity index is 1070. The summed E-state index contributed by atoms with van der Waals surface area (Å²) in [7, 11) is 0. The molecule has 0 atom stereocenters. The summed E-state index contributed by atoms with van der Waals surface area (Å²) in [6.07, 6.45) is 8.11. The summed E-state index contributed by atoms with van der Waals surface area (Å²) in [6.45, 7) is 3.25. The normalized spacial score (nSPS) is 13.5. The number of carbonyl (C=O) groups is 1. The van der Waals surface area contributed by atoms with Crippen LogP contribution >= 0.6 is 0 Å². The number of benzene rings is 2. The Balaban J connectivity index is 1.51. The number of carbonyl (C=O) groups excluding carboxylic acids is 1. The number of amides is 1. The molecule has 1 heterocycles. The average molecular weight is 416 g/mol. The molecule has 0 unspecified atom stereocenters. The van der Waals surface area contributed by atoms with E-state index in [0.29, 0.717) is 24.5 Å². The molecule has 3 aromatic rings. The largest absolute Gasteiger partial charge is 0.494 e. The summed E-state index contributed by atoms with van der Waals surface area (Å²) in [5.41, 5.74) is 3.78. The van der Waals surface area contributed by atoms with Gasteiger partial charge >= 0.3 is 0 Å². The van der Waals surface area contributed by atoms with Gasteiger partial charge in [-0.25, -0.2) is 4.98 Å². The number of hydrogen-bond donors (Lipinski definition) is 2. The lowest BCUT2D eigenvalue weighted by Gasteiger charge is -2.14. The number of ether oxygens (including phenoxy) is 1. The van der Waals surface area contributed by atoms with Crippen molar-refractivity contribution in [3.8, 4) is 5.75 Å². The molecular formula is C26H29N3O2. The molecule has 0 bridgehead atoms. The first-order chi connectivity index (χ1) is 15.2. The van der Waals surface area contributed by atoms with Gasteiger partial charge in [-0.1, -0.05) is 29.8 Å². The van der Waals surface area contributed by atoms with Crippen LogP contribution in [0.2, 0.25) is 0 Å². The minimum Gasteiger partial charge on any atom is -0.494 e. The maximum absolute atomic E-state index is 13.0. The van der Waals surface area contributed by atoms with Gasteiger partial charge in [0, 0.05) is 17.6 Å². The zero-order valence-corrected chi connectivity index (χ0v) is 18.0. The molecule has 0 aliphatic heterocycles. The molecule has 0 saturated carbocycles. The summed E-state index contributed by atoms with van der Waals surface area (Å²) in [4.78, 5) is 17.7.